The van der Waals surface area contributed by atoms with Crippen molar-refractivity contribution in [1.82, 2.24) is 34.5 Å². The molecule has 0 aliphatic heterocycles. The Morgan fingerprint density at radius 3 is 2.62 bits per heavy atom. The van der Waals surface area contributed by atoms with Gasteiger partial charge in [0, 0.05) is 50.2 Å². The summed E-state index contributed by atoms with van der Waals surface area (Å²) in [6.07, 6.45) is 4.52. The second kappa shape index (κ2) is 9.65. The zero-order valence-corrected chi connectivity index (χ0v) is 20.7. The summed E-state index contributed by atoms with van der Waals surface area (Å²) in [5.74, 6) is 0.885. The van der Waals surface area contributed by atoms with Gasteiger partial charge in [0.1, 0.15) is 11.4 Å². The molecule has 2 atom stereocenters. The van der Waals surface area contributed by atoms with Crippen LogP contribution >= 0.6 is 11.6 Å². The molecule has 0 aliphatic carbocycles. The lowest BCUT2D eigenvalue weighted by Gasteiger charge is -2.22. The monoisotopic (exact) mass is 504 g/mol. The minimum Gasteiger partial charge on any atom is -0.372 e. The van der Waals surface area contributed by atoms with Crippen LogP contribution in [0.3, 0.4) is 0 Å². The first-order chi connectivity index (χ1) is 16.2. The maximum atomic E-state index is 13.3. The van der Waals surface area contributed by atoms with Crippen LogP contribution in [0.15, 0.2) is 36.8 Å². The van der Waals surface area contributed by atoms with Crippen LogP contribution in [0.25, 0.3) is 22.3 Å². The lowest BCUT2D eigenvalue weighted by molar-refractivity contribution is 0.0950. The fourth-order valence-electron chi connectivity index (χ4n) is 3.73. The van der Waals surface area contributed by atoms with Gasteiger partial charge in [0.05, 0.1) is 10.5 Å². The van der Waals surface area contributed by atoms with Crippen molar-refractivity contribution in [2.24, 2.45) is 7.05 Å². The van der Waals surface area contributed by atoms with Gasteiger partial charge in [-0.2, -0.15) is 5.10 Å². The number of hydrogen-bond acceptors (Lipinski definition) is 8. The Labute approximate surface area is 202 Å². The molecule has 1 aromatic carbocycles. The number of benzene rings is 1. The molecule has 0 fully saturated rings. The van der Waals surface area contributed by atoms with Crippen molar-refractivity contribution in [3.8, 4) is 11.4 Å². The van der Waals surface area contributed by atoms with Gasteiger partial charge in [0.25, 0.3) is 0 Å². The molecule has 0 bridgehead atoms. The van der Waals surface area contributed by atoms with E-state index in [1.807, 2.05) is 38.4 Å². The van der Waals surface area contributed by atoms with Gasteiger partial charge in [0.15, 0.2) is 11.6 Å². The number of aryl methyl sites for hydroxylation is 1. The first-order valence-corrected chi connectivity index (χ1v) is 12.6. The summed E-state index contributed by atoms with van der Waals surface area (Å²) in [6, 6.07) is 5.71. The van der Waals surface area contributed by atoms with Crippen LogP contribution in [-0.4, -0.2) is 55.3 Å². The molecule has 0 saturated heterocycles. The van der Waals surface area contributed by atoms with Crippen LogP contribution in [0.1, 0.15) is 32.2 Å². The molecule has 4 rings (SSSR count). The summed E-state index contributed by atoms with van der Waals surface area (Å²) >= 11 is 5.85. The highest BCUT2D eigenvalue weighted by atomic mass is 35.5. The molecule has 0 radical (unpaired) electrons. The lowest BCUT2D eigenvalue weighted by atomic mass is 10.1. The van der Waals surface area contributed by atoms with Gasteiger partial charge in [0.2, 0.25) is 16.0 Å². The van der Waals surface area contributed by atoms with Gasteiger partial charge in [-0.3, -0.25) is 14.0 Å². The van der Waals surface area contributed by atoms with E-state index >= 15 is 0 Å². The average molecular weight is 505 g/mol. The van der Waals surface area contributed by atoms with Crippen LogP contribution in [0.4, 0.5) is 5.95 Å². The third-order valence-corrected chi connectivity index (χ3v) is 7.29. The number of halogens is 1. The molecule has 0 saturated carbocycles. The topological polar surface area (TPSA) is 130 Å². The number of anilines is 1. The predicted octanol–water partition coefficient (Wildman–Crippen LogP) is 3.20. The minimum atomic E-state index is -3.96. The maximum absolute atomic E-state index is 13.3. The zero-order valence-electron chi connectivity index (χ0n) is 19.2. The Hall–Kier alpha value is -3.09. The number of aromatic nitrogens is 7. The van der Waals surface area contributed by atoms with E-state index in [0.717, 1.165) is 22.9 Å². The van der Waals surface area contributed by atoms with Gasteiger partial charge in [-0.25, -0.2) is 18.4 Å². The van der Waals surface area contributed by atoms with Gasteiger partial charge < -0.3 is 4.74 Å². The molecule has 0 unspecified atom stereocenters. The van der Waals surface area contributed by atoms with Crippen molar-refractivity contribution in [1.29, 1.82) is 0 Å². The first kappa shape index (κ1) is 24.0. The van der Waals surface area contributed by atoms with E-state index < -0.39 is 21.4 Å². The molecule has 0 amide bonds. The van der Waals surface area contributed by atoms with Crippen molar-refractivity contribution in [3.63, 3.8) is 0 Å². The summed E-state index contributed by atoms with van der Waals surface area (Å²) in [5.41, 5.74) is 1.63. The van der Waals surface area contributed by atoms with Crippen molar-refractivity contribution >= 4 is 38.5 Å². The smallest absolute Gasteiger partial charge is 0.240 e. The fourth-order valence-corrected chi connectivity index (χ4v) is 4.98. The number of methoxy groups -OCH3 is 1. The number of fused-ring (bicyclic) bond motifs is 1. The van der Waals surface area contributed by atoms with Gasteiger partial charge in [-0.15, -0.1) is 10.2 Å². The zero-order chi connectivity index (χ0) is 24.5. The van der Waals surface area contributed by atoms with E-state index in [1.54, 1.807) is 9.25 Å². The van der Waals surface area contributed by atoms with E-state index in [0.29, 0.717) is 17.4 Å². The summed E-state index contributed by atoms with van der Waals surface area (Å²) < 4.78 is 38.1. The average Bonchev–Trinajstić information content (AvgIpc) is 3.37. The molecule has 4 aromatic rings. The van der Waals surface area contributed by atoms with Gasteiger partial charge in [-0.1, -0.05) is 30.7 Å². The Kier molecular flexibility index (Phi) is 6.82. The number of nitrogens with zero attached hydrogens (tertiary/aromatic N) is 7. The number of hydrogen-bond donors (Lipinski definition) is 1. The van der Waals surface area contributed by atoms with E-state index in [2.05, 4.69) is 30.0 Å². The van der Waals surface area contributed by atoms with Crippen molar-refractivity contribution in [2.45, 2.75) is 38.2 Å². The van der Waals surface area contributed by atoms with Crippen LogP contribution < -0.4 is 4.72 Å². The van der Waals surface area contributed by atoms with Crippen LogP contribution in [0.2, 0.25) is 5.02 Å². The molecular formula is C21H25ClN8O3S. The summed E-state index contributed by atoms with van der Waals surface area (Å²) in [6.45, 7) is 4.03. The highest BCUT2D eigenvalue weighted by Gasteiger charge is 2.34. The van der Waals surface area contributed by atoms with E-state index in [1.165, 1.54) is 26.4 Å². The SMILES string of the molecule is CCCn1c(NS(=O)(=O)[C@@H](C)[C@H](OC)c2ncc(Cl)cn2)nnc1-c1cccc2nn(C)cc12. The van der Waals surface area contributed by atoms with Gasteiger partial charge in [-0.05, 0) is 19.4 Å². The highest BCUT2D eigenvalue weighted by molar-refractivity contribution is 7.93. The fraction of sp³-hybridized carbons (Fsp3) is 0.381. The molecule has 0 spiro atoms. The minimum absolute atomic E-state index is 0.122. The number of rotatable bonds is 9. The summed E-state index contributed by atoms with van der Waals surface area (Å²) in [4.78, 5) is 8.22. The van der Waals surface area contributed by atoms with Crippen LogP contribution in [0.5, 0.6) is 0 Å². The quantitative estimate of drug-likeness (QED) is 0.367. The predicted molar refractivity (Wildman–Crippen MR) is 129 cm³/mol. The molecule has 3 aromatic heterocycles. The molecule has 13 heteroatoms. The standard InChI is InChI=1S/C21H25ClN8O3S/c1-5-9-30-20(15-7-6-8-17-16(15)12-29(3)27-17)25-26-21(30)28-34(31,32)13(2)18(33-4)19-23-10-14(22)11-24-19/h6-8,10-13,18H,5,9H2,1-4H3,(H,26,28)/t13-,18-/m0/s1. The van der Waals surface area contributed by atoms with Crippen LogP contribution in [0, 0.1) is 0 Å². The highest BCUT2D eigenvalue weighted by Crippen LogP contribution is 2.30. The Balaban J connectivity index is 1.69. The second-order valence-corrected chi connectivity index (χ2v) is 10.3. The van der Waals surface area contributed by atoms with Crippen LogP contribution in [-0.2, 0) is 28.4 Å². The molecule has 1 N–H and O–H groups in total. The Bertz CT molecular complexity index is 1400. The lowest BCUT2D eigenvalue weighted by Crippen LogP contribution is -2.33. The molecule has 11 nitrogen and oxygen atoms in total. The van der Waals surface area contributed by atoms with E-state index in [-0.39, 0.29) is 11.8 Å². The Morgan fingerprint density at radius 1 is 1.21 bits per heavy atom. The van der Waals surface area contributed by atoms with Crippen molar-refractivity contribution < 1.29 is 13.2 Å². The largest absolute Gasteiger partial charge is 0.372 e. The third kappa shape index (κ3) is 4.61. The summed E-state index contributed by atoms with van der Waals surface area (Å²) in [5, 5.41) is 13.1. The molecule has 180 valence electrons. The van der Waals surface area contributed by atoms with E-state index in [4.69, 9.17) is 16.3 Å². The number of sulfonamides is 1. The number of ether oxygens (including phenoxy) is 1. The molecule has 3 heterocycles. The third-order valence-electron chi connectivity index (χ3n) is 5.40. The van der Waals surface area contributed by atoms with Crippen molar-refractivity contribution in [2.75, 3.05) is 11.8 Å². The van der Waals surface area contributed by atoms with E-state index in [9.17, 15) is 8.42 Å². The molecular weight excluding hydrogens is 480 g/mol. The molecule has 0 aliphatic rings. The number of nitrogens with one attached hydrogen (secondary N) is 1. The first-order valence-electron chi connectivity index (χ1n) is 10.6. The second-order valence-electron chi connectivity index (χ2n) is 7.81. The maximum Gasteiger partial charge on any atom is 0.240 e. The summed E-state index contributed by atoms with van der Waals surface area (Å²) in [7, 11) is -0.710. The van der Waals surface area contributed by atoms with Crippen molar-refractivity contribution in [3.05, 3.63) is 47.6 Å². The van der Waals surface area contributed by atoms with Gasteiger partial charge >= 0.3 is 0 Å². The molecule has 34 heavy (non-hydrogen) atoms. The Morgan fingerprint density at radius 2 is 1.94 bits per heavy atom. The normalized spacial score (nSPS) is 13.8.